The van der Waals surface area contributed by atoms with E-state index in [1.54, 1.807) is 0 Å². The van der Waals surface area contributed by atoms with Gasteiger partial charge < -0.3 is 15.0 Å². The zero-order valence-corrected chi connectivity index (χ0v) is 15.4. The first-order valence-corrected chi connectivity index (χ1v) is 9.16. The van der Waals surface area contributed by atoms with E-state index in [1.807, 2.05) is 6.92 Å². The zero-order chi connectivity index (χ0) is 18.1. The minimum atomic E-state index is -0.908. The van der Waals surface area contributed by atoms with Crippen molar-refractivity contribution in [2.75, 3.05) is 0 Å². The minimum Gasteiger partial charge on any atom is -0.478 e. The average Bonchev–Trinajstić information content (AvgIpc) is 2.48. The Morgan fingerprint density at radius 1 is 1.21 bits per heavy atom. The maximum absolute atomic E-state index is 11.7. The molecule has 2 aliphatic rings. The van der Waals surface area contributed by atoms with Gasteiger partial charge in [0.05, 0.1) is 6.10 Å². The molecular formula is C20H32O4. The molecular weight excluding hydrogens is 304 g/mol. The molecule has 0 aromatic heterocycles. The van der Waals surface area contributed by atoms with Gasteiger partial charge in [0, 0.05) is 12.0 Å². The molecule has 0 aliphatic heterocycles. The monoisotopic (exact) mass is 336 g/mol. The lowest BCUT2D eigenvalue weighted by Gasteiger charge is -2.60. The highest BCUT2D eigenvalue weighted by Crippen LogP contribution is 2.61. The van der Waals surface area contributed by atoms with Crippen LogP contribution in [0, 0.1) is 28.6 Å². The highest BCUT2D eigenvalue weighted by Gasteiger charge is 2.56. The summed E-state index contributed by atoms with van der Waals surface area (Å²) in [6.07, 6.45) is 7.26. The smallest absolute Gasteiger partial charge is 0.328 e. The first kappa shape index (κ1) is 19.2. The quantitative estimate of drug-likeness (QED) is 0.591. The number of hydrogen-bond donors (Lipinski definition) is 2. The number of aliphatic hydroxyl groups is 1. The minimum absolute atomic E-state index is 0.0378. The van der Waals surface area contributed by atoms with Crippen molar-refractivity contribution in [1.29, 1.82) is 0 Å². The van der Waals surface area contributed by atoms with E-state index >= 15 is 0 Å². The highest BCUT2D eigenvalue weighted by atomic mass is 16.4. The van der Waals surface area contributed by atoms with Gasteiger partial charge in [-0.25, -0.2) is 4.79 Å². The molecule has 2 rings (SSSR count). The van der Waals surface area contributed by atoms with Gasteiger partial charge in [-0.15, -0.1) is 0 Å². The van der Waals surface area contributed by atoms with E-state index in [2.05, 4.69) is 20.8 Å². The first-order chi connectivity index (χ1) is 11.1. The van der Waals surface area contributed by atoms with Crippen molar-refractivity contribution < 1.29 is 19.8 Å². The molecule has 2 aliphatic carbocycles. The number of aliphatic carboxylic acids is 1. The fourth-order valence-corrected chi connectivity index (χ4v) is 5.64. The molecule has 136 valence electrons. The van der Waals surface area contributed by atoms with Crippen molar-refractivity contribution in [2.24, 2.45) is 28.6 Å². The van der Waals surface area contributed by atoms with Crippen LogP contribution >= 0.6 is 0 Å². The van der Waals surface area contributed by atoms with Gasteiger partial charge in [0.15, 0.2) is 0 Å². The number of rotatable bonds is 5. The predicted octanol–water partition coefficient (Wildman–Crippen LogP) is 3.83. The van der Waals surface area contributed by atoms with Crippen LogP contribution in [0.4, 0.5) is 0 Å². The van der Waals surface area contributed by atoms with Crippen molar-refractivity contribution in [3.8, 4) is 0 Å². The van der Waals surface area contributed by atoms with Crippen LogP contribution in [-0.4, -0.2) is 28.6 Å². The molecule has 2 saturated carbocycles. The second-order valence-electron chi connectivity index (χ2n) is 8.79. The van der Waals surface area contributed by atoms with Gasteiger partial charge in [0.25, 0.3) is 0 Å². The SMILES string of the molecule is C/C(=C/C(=O)O)CC[C@@H]1[C@@H](C=O)CC[C@@H]2C(C)(C)[C@H](O)CC[C@@]12C. The second-order valence-corrected chi connectivity index (χ2v) is 8.79. The van der Waals surface area contributed by atoms with Crippen molar-refractivity contribution in [3.63, 3.8) is 0 Å². The van der Waals surface area contributed by atoms with Crippen LogP contribution in [-0.2, 0) is 9.59 Å². The Morgan fingerprint density at radius 2 is 1.88 bits per heavy atom. The third-order valence-corrected chi connectivity index (χ3v) is 7.06. The average molecular weight is 336 g/mol. The molecule has 0 amide bonds. The Kier molecular flexibility index (Phi) is 5.58. The van der Waals surface area contributed by atoms with Crippen molar-refractivity contribution in [3.05, 3.63) is 11.6 Å². The Bertz CT molecular complexity index is 522. The lowest BCUT2D eigenvalue weighted by Crippen LogP contribution is -2.56. The van der Waals surface area contributed by atoms with E-state index < -0.39 is 5.97 Å². The summed E-state index contributed by atoms with van der Waals surface area (Å²) in [5.74, 6) is -0.194. The molecule has 5 atom stereocenters. The van der Waals surface area contributed by atoms with Crippen LogP contribution in [0.1, 0.15) is 66.2 Å². The fourth-order valence-electron chi connectivity index (χ4n) is 5.64. The number of aldehydes is 1. The maximum Gasteiger partial charge on any atom is 0.328 e. The summed E-state index contributed by atoms with van der Waals surface area (Å²) >= 11 is 0. The van der Waals surface area contributed by atoms with Gasteiger partial charge in [-0.3, -0.25) is 0 Å². The van der Waals surface area contributed by atoms with Gasteiger partial charge in [0.2, 0.25) is 0 Å². The van der Waals surface area contributed by atoms with Crippen LogP contribution in [0.3, 0.4) is 0 Å². The summed E-state index contributed by atoms with van der Waals surface area (Å²) < 4.78 is 0. The second kappa shape index (κ2) is 6.99. The molecule has 0 heterocycles. The Morgan fingerprint density at radius 3 is 2.46 bits per heavy atom. The lowest BCUT2D eigenvalue weighted by atomic mass is 9.45. The molecule has 0 bridgehead atoms. The molecule has 0 aromatic carbocycles. The van der Waals surface area contributed by atoms with E-state index in [-0.39, 0.29) is 28.8 Å². The molecule has 0 radical (unpaired) electrons. The molecule has 2 N–H and O–H groups in total. The van der Waals surface area contributed by atoms with Crippen LogP contribution in [0.25, 0.3) is 0 Å². The largest absolute Gasteiger partial charge is 0.478 e. The fraction of sp³-hybridized carbons (Fsp3) is 0.800. The van der Waals surface area contributed by atoms with Crippen LogP contribution in [0.15, 0.2) is 11.6 Å². The number of aliphatic hydroxyl groups excluding tert-OH is 1. The molecule has 4 nitrogen and oxygen atoms in total. The first-order valence-electron chi connectivity index (χ1n) is 9.16. The highest BCUT2D eigenvalue weighted by molar-refractivity contribution is 5.80. The lowest BCUT2D eigenvalue weighted by molar-refractivity contribution is -0.155. The number of fused-ring (bicyclic) bond motifs is 1. The van der Waals surface area contributed by atoms with E-state index in [4.69, 9.17) is 5.11 Å². The van der Waals surface area contributed by atoms with Gasteiger partial charge in [-0.2, -0.15) is 0 Å². The third kappa shape index (κ3) is 3.44. The van der Waals surface area contributed by atoms with Crippen molar-refractivity contribution >= 4 is 12.3 Å². The molecule has 4 heteroatoms. The number of carboxylic acid groups (broad SMARTS) is 1. The molecule has 0 aromatic rings. The van der Waals surface area contributed by atoms with Crippen LogP contribution in [0.5, 0.6) is 0 Å². The summed E-state index contributed by atoms with van der Waals surface area (Å²) in [5, 5.41) is 19.4. The van der Waals surface area contributed by atoms with E-state index in [1.165, 1.54) is 6.08 Å². The van der Waals surface area contributed by atoms with E-state index in [0.717, 1.165) is 44.0 Å². The number of carboxylic acids is 1. The number of carbonyl (C=O) groups excluding carboxylic acids is 1. The van der Waals surface area contributed by atoms with Crippen LogP contribution < -0.4 is 0 Å². The Labute approximate surface area is 145 Å². The standard InChI is InChI=1S/C20H32O4/c1-13(11-18(23)24)5-7-15-14(12-21)6-8-16-19(2,3)17(22)9-10-20(15,16)4/h11-12,14-17,22H,5-10H2,1-4H3,(H,23,24)/b13-11-/t14-,15-,16-,17-,20+/m1/s1. The van der Waals surface area contributed by atoms with Gasteiger partial charge in [-0.1, -0.05) is 26.3 Å². The van der Waals surface area contributed by atoms with Crippen molar-refractivity contribution in [1.82, 2.24) is 0 Å². The van der Waals surface area contributed by atoms with Crippen LogP contribution in [0.2, 0.25) is 0 Å². The number of hydrogen-bond acceptors (Lipinski definition) is 3. The van der Waals surface area contributed by atoms with E-state index in [0.29, 0.717) is 12.3 Å². The summed E-state index contributed by atoms with van der Waals surface area (Å²) in [4.78, 5) is 22.5. The Hall–Kier alpha value is -1.16. The summed E-state index contributed by atoms with van der Waals surface area (Å²) in [5.41, 5.74) is 0.758. The predicted molar refractivity (Wildman–Crippen MR) is 93.5 cm³/mol. The molecule has 0 saturated heterocycles. The van der Waals surface area contributed by atoms with Gasteiger partial charge in [0.1, 0.15) is 6.29 Å². The molecule has 2 fully saturated rings. The van der Waals surface area contributed by atoms with Gasteiger partial charge in [-0.05, 0) is 68.1 Å². The molecule has 24 heavy (non-hydrogen) atoms. The third-order valence-electron chi connectivity index (χ3n) is 7.06. The molecule has 0 spiro atoms. The van der Waals surface area contributed by atoms with E-state index in [9.17, 15) is 14.7 Å². The summed E-state index contributed by atoms with van der Waals surface area (Å²) in [6.45, 7) is 8.46. The normalized spacial score (nSPS) is 39.1. The van der Waals surface area contributed by atoms with Crippen molar-refractivity contribution in [2.45, 2.75) is 72.3 Å². The number of carbonyl (C=O) groups is 2. The maximum atomic E-state index is 11.7. The Balaban J connectivity index is 2.25. The summed E-state index contributed by atoms with van der Waals surface area (Å²) in [7, 11) is 0. The molecule has 0 unspecified atom stereocenters. The summed E-state index contributed by atoms with van der Waals surface area (Å²) in [6, 6.07) is 0. The number of allylic oxidation sites excluding steroid dienone is 1. The van der Waals surface area contributed by atoms with Gasteiger partial charge >= 0.3 is 5.97 Å². The topological polar surface area (TPSA) is 74.6 Å². The zero-order valence-electron chi connectivity index (χ0n) is 15.4.